The van der Waals surface area contributed by atoms with Crippen molar-refractivity contribution < 1.29 is 14.4 Å². The lowest BCUT2D eigenvalue weighted by Gasteiger charge is -2.07. The van der Waals surface area contributed by atoms with Gasteiger partial charge in [0.05, 0.1) is 28.5 Å². The van der Waals surface area contributed by atoms with Crippen molar-refractivity contribution in [3.05, 3.63) is 103 Å². The lowest BCUT2D eigenvalue weighted by Crippen LogP contribution is -2.13. The van der Waals surface area contributed by atoms with Crippen LogP contribution in [0.5, 0.6) is 11.5 Å². The molecule has 4 aromatic rings. The first kappa shape index (κ1) is 23.5. The van der Waals surface area contributed by atoms with Gasteiger partial charge in [-0.15, -0.1) is 11.3 Å². The molecule has 182 valence electrons. The fourth-order valence-corrected chi connectivity index (χ4v) is 4.74. The Kier molecular flexibility index (Phi) is 6.64. The van der Waals surface area contributed by atoms with Crippen molar-refractivity contribution in [2.24, 2.45) is 10.1 Å². The molecule has 36 heavy (non-hydrogen) atoms. The van der Waals surface area contributed by atoms with Crippen LogP contribution in [0.4, 0.5) is 5.69 Å². The summed E-state index contributed by atoms with van der Waals surface area (Å²) in [6.07, 6.45) is 2.28. The molecule has 0 saturated heterocycles. The number of hydrogen-bond donors (Lipinski definition) is 0. The number of hydrogen-bond acceptors (Lipinski definition) is 7. The second-order valence-electron chi connectivity index (χ2n) is 8.40. The molecule has 0 unspecified atom stereocenters. The normalized spacial score (nSPS) is 13.0. The van der Waals surface area contributed by atoms with Crippen molar-refractivity contribution in [2.45, 2.75) is 20.3 Å². The summed E-state index contributed by atoms with van der Waals surface area (Å²) in [6.45, 7) is 4.77. The number of benzene rings is 3. The Balaban J connectivity index is 1.56. The van der Waals surface area contributed by atoms with E-state index in [1.807, 2.05) is 29.6 Å². The predicted molar refractivity (Wildman–Crippen MR) is 140 cm³/mol. The highest BCUT2D eigenvalue weighted by Gasteiger charge is 2.22. The van der Waals surface area contributed by atoms with Crippen molar-refractivity contribution in [1.82, 2.24) is 4.68 Å². The quantitative estimate of drug-likeness (QED) is 0.190. The minimum Gasteiger partial charge on any atom is -0.454 e. The standard InChI is InChI=1S/C27H24N4O4S/c1-18-8-9-21(12-19(18)2)24-16-36-27(28-11-10-20-6-4-3-5-7-20)30(24)29-15-22-13-25-26(35-17-34-25)14-23(22)31(32)33/h3-9,12-16H,10-11,17H2,1-2H3. The van der Waals surface area contributed by atoms with E-state index in [0.717, 1.165) is 17.7 Å². The number of aryl methyl sites for hydroxylation is 2. The summed E-state index contributed by atoms with van der Waals surface area (Å²) in [6, 6.07) is 19.4. The van der Waals surface area contributed by atoms with E-state index in [1.54, 1.807) is 10.7 Å². The first-order valence-corrected chi connectivity index (χ1v) is 12.3. The zero-order valence-corrected chi connectivity index (χ0v) is 20.7. The molecule has 3 aromatic carbocycles. The number of fused-ring (bicyclic) bond motifs is 1. The third-order valence-electron chi connectivity index (χ3n) is 6.01. The molecule has 1 aliphatic rings. The van der Waals surface area contributed by atoms with Gasteiger partial charge in [0.15, 0.2) is 11.5 Å². The van der Waals surface area contributed by atoms with E-state index in [1.165, 1.54) is 40.3 Å². The van der Waals surface area contributed by atoms with Gasteiger partial charge in [-0.3, -0.25) is 15.1 Å². The monoisotopic (exact) mass is 500 g/mol. The van der Waals surface area contributed by atoms with Crippen LogP contribution in [0.2, 0.25) is 0 Å². The summed E-state index contributed by atoms with van der Waals surface area (Å²) >= 11 is 1.49. The van der Waals surface area contributed by atoms with Crippen LogP contribution in [-0.4, -0.2) is 29.2 Å². The molecule has 0 atom stereocenters. The summed E-state index contributed by atoms with van der Waals surface area (Å²) in [4.78, 5) is 16.8. The Bertz CT molecular complexity index is 1520. The molecule has 9 heteroatoms. The van der Waals surface area contributed by atoms with E-state index >= 15 is 0 Å². The molecule has 0 radical (unpaired) electrons. The Hall–Kier alpha value is -4.24. The van der Waals surface area contributed by atoms with Gasteiger partial charge in [0.1, 0.15) is 0 Å². The summed E-state index contributed by atoms with van der Waals surface area (Å²) in [5.74, 6) is 0.814. The van der Waals surface area contributed by atoms with Crippen LogP contribution in [-0.2, 0) is 6.42 Å². The highest BCUT2D eigenvalue weighted by Crippen LogP contribution is 2.37. The maximum Gasteiger partial charge on any atom is 0.282 e. The summed E-state index contributed by atoms with van der Waals surface area (Å²) in [7, 11) is 0. The molecule has 0 N–H and O–H groups in total. The largest absolute Gasteiger partial charge is 0.454 e. The van der Waals surface area contributed by atoms with Gasteiger partial charge >= 0.3 is 0 Å². The molecule has 8 nitrogen and oxygen atoms in total. The second kappa shape index (κ2) is 10.2. The van der Waals surface area contributed by atoms with Crippen LogP contribution < -0.4 is 14.3 Å². The first-order valence-electron chi connectivity index (χ1n) is 11.4. The van der Waals surface area contributed by atoms with Crippen LogP contribution in [0.25, 0.3) is 11.3 Å². The lowest BCUT2D eigenvalue weighted by atomic mass is 10.1. The number of ether oxygens (including phenoxy) is 2. The SMILES string of the molecule is Cc1ccc(-c2csc(=NCCc3ccccc3)n2N=Cc2cc3c(cc2[N+](=O)[O-])OCO3)cc1C. The maximum absolute atomic E-state index is 11.7. The van der Waals surface area contributed by atoms with Gasteiger partial charge in [-0.1, -0.05) is 42.5 Å². The fraction of sp³-hybridized carbons (Fsp3) is 0.185. The van der Waals surface area contributed by atoms with Gasteiger partial charge < -0.3 is 9.47 Å². The smallest absolute Gasteiger partial charge is 0.282 e. The molecule has 0 amide bonds. The van der Waals surface area contributed by atoms with Crippen molar-refractivity contribution in [3.8, 4) is 22.8 Å². The molecule has 0 bridgehead atoms. The Labute approximate surface area is 211 Å². The van der Waals surface area contributed by atoms with E-state index in [9.17, 15) is 10.1 Å². The van der Waals surface area contributed by atoms with E-state index in [0.29, 0.717) is 28.4 Å². The number of nitro benzene ring substituents is 1. The number of aromatic nitrogens is 1. The summed E-state index contributed by atoms with van der Waals surface area (Å²) < 4.78 is 12.5. The van der Waals surface area contributed by atoms with Crippen LogP contribution >= 0.6 is 11.3 Å². The van der Waals surface area contributed by atoms with Gasteiger partial charge in [0, 0.05) is 17.5 Å². The van der Waals surface area contributed by atoms with Crippen LogP contribution in [0.15, 0.2) is 76.1 Å². The molecular weight excluding hydrogens is 476 g/mol. The number of thiazole rings is 1. The minimum atomic E-state index is -0.447. The van der Waals surface area contributed by atoms with Crippen molar-refractivity contribution in [2.75, 3.05) is 13.3 Å². The summed E-state index contributed by atoms with van der Waals surface area (Å²) in [5.41, 5.74) is 5.66. The third kappa shape index (κ3) is 4.92. The minimum absolute atomic E-state index is 0.0354. The molecule has 0 spiro atoms. The van der Waals surface area contributed by atoms with Gasteiger partial charge in [0.2, 0.25) is 11.6 Å². The van der Waals surface area contributed by atoms with Crippen molar-refractivity contribution >= 4 is 23.2 Å². The second-order valence-corrected chi connectivity index (χ2v) is 9.23. The van der Waals surface area contributed by atoms with Gasteiger partial charge in [-0.2, -0.15) is 5.10 Å². The van der Waals surface area contributed by atoms with E-state index < -0.39 is 4.92 Å². The average Bonchev–Trinajstić information content (AvgIpc) is 3.51. The Morgan fingerprint density at radius 2 is 1.83 bits per heavy atom. The van der Waals surface area contributed by atoms with Gasteiger partial charge in [-0.05, 0) is 49.1 Å². The van der Waals surface area contributed by atoms with Gasteiger partial charge in [-0.25, -0.2) is 4.68 Å². The number of nitrogens with zero attached hydrogens (tertiary/aromatic N) is 4. The topological polar surface area (TPSA) is 91.2 Å². The van der Waals surface area contributed by atoms with E-state index in [-0.39, 0.29) is 12.5 Å². The van der Waals surface area contributed by atoms with Crippen molar-refractivity contribution in [3.63, 3.8) is 0 Å². The number of rotatable bonds is 7. The molecule has 0 saturated carbocycles. The highest BCUT2D eigenvalue weighted by molar-refractivity contribution is 7.07. The van der Waals surface area contributed by atoms with Crippen LogP contribution in [0.1, 0.15) is 22.3 Å². The maximum atomic E-state index is 11.7. The fourth-order valence-electron chi connectivity index (χ4n) is 3.87. The zero-order valence-electron chi connectivity index (χ0n) is 19.9. The summed E-state index contributed by atoms with van der Waals surface area (Å²) in [5, 5.41) is 18.4. The zero-order chi connectivity index (χ0) is 25.1. The molecule has 1 aliphatic heterocycles. The van der Waals surface area contributed by atoms with Crippen LogP contribution in [0, 0.1) is 24.0 Å². The van der Waals surface area contributed by atoms with Crippen molar-refractivity contribution in [1.29, 1.82) is 0 Å². The van der Waals surface area contributed by atoms with E-state index in [2.05, 4.69) is 43.2 Å². The molecule has 0 aliphatic carbocycles. The van der Waals surface area contributed by atoms with Crippen LogP contribution in [0.3, 0.4) is 0 Å². The highest BCUT2D eigenvalue weighted by atomic mass is 32.1. The average molecular weight is 501 g/mol. The first-order chi connectivity index (χ1) is 17.5. The predicted octanol–water partition coefficient (Wildman–Crippen LogP) is 5.50. The Morgan fingerprint density at radius 3 is 2.58 bits per heavy atom. The molecule has 1 aromatic heterocycles. The molecule has 0 fully saturated rings. The van der Waals surface area contributed by atoms with E-state index in [4.69, 9.17) is 14.5 Å². The third-order valence-corrected chi connectivity index (χ3v) is 6.86. The lowest BCUT2D eigenvalue weighted by molar-refractivity contribution is -0.385. The van der Waals surface area contributed by atoms with Gasteiger partial charge in [0.25, 0.3) is 5.69 Å². The molecule has 2 heterocycles. The Morgan fingerprint density at radius 1 is 1.06 bits per heavy atom. The molecular formula is C27H24N4O4S. The number of nitro groups is 1. The molecule has 5 rings (SSSR count).